The van der Waals surface area contributed by atoms with Gasteiger partial charge in [0.2, 0.25) is 0 Å². The molecule has 0 atom stereocenters. The number of hydrogen-bond acceptors (Lipinski definition) is 5. The van der Waals surface area contributed by atoms with E-state index in [1.807, 2.05) is 0 Å². The van der Waals surface area contributed by atoms with Gasteiger partial charge in [-0.05, 0) is 24.3 Å². The van der Waals surface area contributed by atoms with Crippen molar-refractivity contribution in [2.75, 3.05) is 24.5 Å². The molecule has 0 fully saturated rings. The lowest BCUT2D eigenvalue weighted by atomic mass is 10.2. The molecular weight excluding hydrogens is 368 g/mol. The quantitative estimate of drug-likeness (QED) is 0.551. The Hall–Kier alpha value is -3.13. The molecule has 0 heterocycles. The third-order valence-corrected chi connectivity index (χ3v) is 5.49. The van der Waals surface area contributed by atoms with Crippen LogP contribution < -0.4 is 9.62 Å². The summed E-state index contributed by atoms with van der Waals surface area (Å²) in [5, 5.41) is 2.46. The zero-order valence-electron chi connectivity index (χ0n) is 14.8. The molecule has 7 nitrogen and oxygen atoms in total. The summed E-state index contributed by atoms with van der Waals surface area (Å²) in [6.07, 6.45) is 1.49. The summed E-state index contributed by atoms with van der Waals surface area (Å²) in [5.74, 6) is -1.41. The molecule has 1 amide bonds. The number of nitrogens with zero attached hydrogens (tertiary/aromatic N) is 1. The monoisotopic (exact) mass is 388 g/mol. The van der Waals surface area contributed by atoms with Gasteiger partial charge < -0.3 is 10.1 Å². The van der Waals surface area contributed by atoms with Crippen LogP contribution in [0.3, 0.4) is 0 Å². The van der Waals surface area contributed by atoms with Crippen molar-refractivity contribution in [1.29, 1.82) is 0 Å². The molecule has 2 aromatic rings. The first kappa shape index (κ1) is 20.2. The number of carbonyl (C=O) groups excluding carboxylic acids is 2. The molecule has 0 unspecified atom stereocenters. The van der Waals surface area contributed by atoms with Crippen LogP contribution in [0.5, 0.6) is 0 Å². The predicted octanol–water partition coefficient (Wildman–Crippen LogP) is 1.97. The fourth-order valence-corrected chi connectivity index (χ4v) is 3.60. The molecule has 0 bridgehead atoms. The molecule has 0 aliphatic rings. The van der Waals surface area contributed by atoms with Gasteiger partial charge in [0.05, 0.1) is 11.3 Å². The number of rotatable bonds is 8. The molecule has 0 spiro atoms. The van der Waals surface area contributed by atoms with Crippen LogP contribution in [0.1, 0.15) is 10.4 Å². The fourth-order valence-electron chi connectivity index (χ4n) is 2.23. The van der Waals surface area contributed by atoms with Gasteiger partial charge >= 0.3 is 5.97 Å². The molecule has 8 heteroatoms. The molecular formula is C19H20N2O5S. The highest BCUT2D eigenvalue weighted by Gasteiger charge is 2.27. The summed E-state index contributed by atoms with van der Waals surface area (Å²) >= 11 is 0. The zero-order chi connectivity index (χ0) is 19.9. The lowest BCUT2D eigenvalue weighted by molar-refractivity contribution is -0.124. The number of benzene rings is 2. The number of nitrogens with one attached hydrogen (secondary N) is 1. The minimum atomic E-state index is -4.00. The van der Waals surface area contributed by atoms with E-state index in [-0.39, 0.29) is 17.0 Å². The fraction of sp³-hybridized carbons (Fsp3) is 0.158. The molecule has 0 saturated carbocycles. The first-order chi connectivity index (χ1) is 12.9. The summed E-state index contributed by atoms with van der Waals surface area (Å²) in [7, 11) is -2.60. The van der Waals surface area contributed by atoms with Crippen molar-refractivity contribution in [3.05, 3.63) is 72.8 Å². The maximum Gasteiger partial charge on any atom is 0.340 e. The van der Waals surface area contributed by atoms with Crippen molar-refractivity contribution in [1.82, 2.24) is 5.32 Å². The molecule has 0 aliphatic carbocycles. The van der Waals surface area contributed by atoms with Crippen LogP contribution in [0, 0.1) is 0 Å². The van der Waals surface area contributed by atoms with Crippen molar-refractivity contribution in [2.45, 2.75) is 4.90 Å². The summed E-state index contributed by atoms with van der Waals surface area (Å²) in [6, 6.07) is 14.2. The maximum absolute atomic E-state index is 13.0. The third kappa shape index (κ3) is 4.95. The van der Waals surface area contributed by atoms with Gasteiger partial charge in [0.1, 0.15) is 4.90 Å². The van der Waals surface area contributed by atoms with Crippen LogP contribution >= 0.6 is 0 Å². The van der Waals surface area contributed by atoms with Gasteiger partial charge in [0, 0.05) is 13.6 Å². The molecule has 0 aromatic heterocycles. The van der Waals surface area contributed by atoms with E-state index in [4.69, 9.17) is 4.74 Å². The Bertz CT molecular complexity index is 926. The summed E-state index contributed by atoms with van der Waals surface area (Å²) in [4.78, 5) is 23.7. The van der Waals surface area contributed by atoms with Crippen molar-refractivity contribution in [2.24, 2.45) is 0 Å². The number of hydrogen-bond donors (Lipinski definition) is 1. The second-order valence-electron chi connectivity index (χ2n) is 5.47. The molecule has 27 heavy (non-hydrogen) atoms. The lowest BCUT2D eigenvalue weighted by Crippen LogP contribution is -2.30. The smallest absolute Gasteiger partial charge is 0.340 e. The topological polar surface area (TPSA) is 92.8 Å². The van der Waals surface area contributed by atoms with E-state index >= 15 is 0 Å². The van der Waals surface area contributed by atoms with E-state index in [1.165, 1.54) is 37.4 Å². The molecule has 1 N–H and O–H groups in total. The number of ether oxygens (including phenoxy) is 1. The van der Waals surface area contributed by atoms with Crippen molar-refractivity contribution < 1.29 is 22.7 Å². The first-order valence-corrected chi connectivity index (χ1v) is 9.49. The van der Waals surface area contributed by atoms with Crippen LogP contribution in [-0.4, -0.2) is 40.5 Å². The highest BCUT2D eigenvalue weighted by atomic mass is 32.2. The van der Waals surface area contributed by atoms with E-state index in [1.54, 1.807) is 30.3 Å². The SMILES string of the molecule is C=CCNC(=O)COC(=O)c1ccccc1S(=O)(=O)N(C)c1ccccc1. The second-order valence-corrected chi connectivity index (χ2v) is 7.41. The number of amides is 1. The first-order valence-electron chi connectivity index (χ1n) is 8.05. The lowest BCUT2D eigenvalue weighted by Gasteiger charge is -2.20. The van der Waals surface area contributed by atoms with Crippen LogP contribution in [0.25, 0.3) is 0 Å². The Kier molecular flexibility index (Phi) is 6.73. The van der Waals surface area contributed by atoms with Gasteiger partial charge in [-0.3, -0.25) is 9.10 Å². The molecule has 142 valence electrons. The van der Waals surface area contributed by atoms with E-state index < -0.39 is 28.5 Å². The Balaban J connectivity index is 2.25. The van der Waals surface area contributed by atoms with E-state index in [0.717, 1.165) is 4.31 Å². The second kappa shape index (κ2) is 9.00. The number of anilines is 1. The third-order valence-electron chi connectivity index (χ3n) is 3.64. The van der Waals surface area contributed by atoms with E-state index in [9.17, 15) is 18.0 Å². The molecule has 2 rings (SSSR count). The summed E-state index contributed by atoms with van der Waals surface area (Å²) in [5.41, 5.74) is 0.307. The van der Waals surface area contributed by atoms with Gasteiger partial charge in [0.25, 0.3) is 15.9 Å². The summed E-state index contributed by atoms with van der Waals surface area (Å²) < 4.78 is 31.9. The average Bonchev–Trinajstić information content (AvgIpc) is 2.70. The number of esters is 1. The van der Waals surface area contributed by atoms with Gasteiger partial charge in [-0.25, -0.2) is 13.2 Å². The van der Waals surface area contributed by atoms with Crippen LogP contribution in [0.2, 0.25) is 0 Å². The van der Waals surface area contributed by atoms with Crippen LogP contribution in [0.4, 0.5) is 5.69 Å². The highest BCUT2D eigenvalue weighted by Crippen LogP contribution is 2.24. The highest BCUT2D eigenvalue weighted by molar-refractivity contribution is 7.92. The van der Waals surface area contributed by atoms with Crippen molar-refractivity contribution in [3.8, 4) is 0 Å². The zero-order valence-corrected chi connectivity index (χ0v) is 15.6. The normalized spacial score (nSPS) is 10.7. The van der Waals surface area contributed by atoms with E-state index in [0.29, 0.717) is 5.69 Å². The Morgan fingerprint density at radius 2 is 1.74 bits per heavy atom. The van der Waals surface area contributed by atoms with Crippen LogP contribution in [0.15, 0.2) is 72.1 Å². The standard InChI is InChI=1S/C19H20N2O5S/c1-3-13-20-18(22)14-26-19(23)16-11-7-8-12-17(16)27(24,25)21(2)15-9-5-4-6-10-15/h3-12H,1,13-14H2,2H3,(H,20,22). The maximum atomic E-state index is 13.0. The van der Waals surface area contributed by atoms with Crippen LogP contribution in [-0.2, 0) is 19.6 Å². The van der Waals surface area contributed by atoms with Gasteiger partial charge in [-0.1, -0.05) is 36.4 Å². The van der Waals surface area contributed by atoms with Gasteiger partial charge in [0.15, 0.2) is 6.61 Å². The Morgan fingerprint density at radius 3 is 2.41 bits per heavy atom. The Labute approximate surface area is 158 Å². The van der Waals surface area contributed by atoms with Crippen molar-refractivity contribution in [3.63, 3.8) is 0 Å². The predicted molar refractivity (Wildman–Crippen MR) is 102 cm³/mol. The summed E-state index contributed by atoms with van der Waals surface area (Å²) in [6.45, 7) is 3.18. The molecule has 2 aromatic carbocycles. The largest absolute Gasteiger partial charge is 0.452 e. The van der Waals surface area contributed by atoms with E-state index in [2.05, 4.69) is 11.9 Å². The molecule has 0 aliphatic heterocycles. The molecule has 0 saturated heterocycles. The number of para-hydroxylation sites is 1. The van der Waals surface area contributed by atoms with Crippen molar-refractivity contribution >= 4 is 27.6 Å². The average molecular weight is 388 g/mol. The Morgan fingerprint density at radius 1 is 1.11 bits per heavy atom. The minimum absolute atomic E-state index is 0.142. The molecule has 0 radical (unpaired) electrons. The van der Waals surface area contributed by atoms with Gasteiger partial charge in [-0.15, -0.1) is 6.58 Å². The number of sulfonamides is 1. The minimum Gasteiger partial charge on any atom is -0.452 e. The number of carbonyl (C=O) groups is 2. The van der Waals surface area contributed by atoms with Gasteiger partial charge in [-0.2, -0.15) is 0 Å².